The normalized spacial score (nSPS) is 23.4. The number of piperidine rings is 1. The van der Waals surface area contributed by atoms with Crippen LogP contribution in [0.4, 0.5) is 5.69 Å². The summed E-state index contributed by atoms with van der Waals surface area (Å²) in [7, 11) is 0. The van der Waals surface area contributed by atoms with E-state index in [0.29, 0.717) is 11.2 Å². The second kappa shape index (κ2) is 5.96. The molecule has 3 rings (SSSR count). The number of H-pyrrole nitrogens is 2. The Balaban J connectivity index is 1.68. The van der Waals surface area contributed by atoms with Crippen molar-refractivity contribution in [3.8, 4) is 0 Å². The third-order valence-corrected chi connectivity index (χ3v) is 4.71. The van der Waals surface area contributed by atoms with E-state index in [-0.39, 0.29) is 17.6 Å². The van der Waals surface area contributed by atoms with Gasteiger partial charge in [-0.05, 0) is 43.9 Å². The number of carbonyl (C=O) groups is 1. The number of hydrogen-bond acceptors (Lipinski definition) is 2. The summed E-state index contributed by atoms with van der Waals surface area (Å²) in [4.78, 5) is 30.4. The van der Waals surface area contributed by atoms with E-state index in [4.69, 9.17) is 0 Å². The first-order valence-corrected chi connectivity index (χ1v) is 7.90. The molecule has 6 nitrogen and oxygen atoms in total. The molecule has 1 atom stereocenters. The Morgan fingerprint density at radius 1 is 1.27 bits per heavy atom. The minimum Gasteiger partial charge on any atom is -0.325 e. The maximum atomic E-state index is 12.4. The van der Waals surface area contributed by atoms with Gasteiger partial charge in [0.2, 0.25) is 0 Å². The molecule has 2 heterocycles. The van der Waals surface area contributed by atoms with Gasteiger partial charge in [-0.3, -0.25) is 4.79 Å². The molecular weight excluding hydrogens is 280 g/mol. The quantitative estimate of drug-likeness (QED) is 0.666. The Kier molecular flexibility index (Phi) is 4.02. The predicted molar refractivity (Wildman–Crippen MR) is 86.1 cm³/mol. The summed E-state index contributed by atoms with van der Waals surface area (Å²) in [6.07, 6.45) is 2.37. The molecule has 22 heavy (non-hydrogen) atoms. The van der Waals surface area contributed by atoms with Crippen LogP contribution in [0.2, 0.25) is 0 Å². The SMILES string of the molecule is CC1CC[NH+]([C@@H](C)C(=O)Nc2ccc3[nH]c(=O)[nH]c3c2)CC1. The van der Waals surface area contributed by atoms with Crippen LogP contribution < -0.4 is 15.9 Å². The first-order valence-electron chi connectivity index (χ1n) is 7.90. The molecule has 0 bridgehead atoms. The molecule has 118 valence electrons. The summed E-state index contributed by atoms with van der Waals surface area (Å²) >= 11 is 0. The standard InChI is InChI=1S/C16H22N4O2/c1-10-5-7-20(8-6-10)11(2)15(21)17-12-3-4-13-14(9-12)19-16(22)18-13/h3-4,9-11H,5-8H2,1-2H3,(H,17,21)(H2,18,19,22)/p+1/t11-/m0/s1. The summed E-state index contributed by atoms with van der Waals surface area (Å²) < 4.78 is 0. The van der Waals surface area contributed by atoms with Crippen LogP contribution in [0.15, 0.2) is 23.0 Å². The van der Waals surface area contributed by atoms with Crippen molar-refractivity contribution in [3.05, 3.63) is 28.7 Å². The Morgan fingerprint density at radius 3 is 2.68 bits per heavy atom. The fourth-order valence-corrected chi connectivity index (χ4v) is 3.11. The lowest BCUT2D eigenvalue weighted by atomic mass is 9.98. The van der Waals surface area contributed by atoms with Crippen molar-refractivity contribution < 1.29 is 9.69 Å². The number of anilines is 1. The van der Waals surface area contributed by atoms with Crippen molar-refractivity contribution >= 4 is 22.6 Å². The fourth-order valence-electron chi connectivity index (χ4n) is 3.11. The van der Waals surface area contributed by atoms with E-state index in [0.717, 1.165) is 24.5 Å². The van der Waals surface area contributed by atoms with E-state index in [1.165, 1.54) is 17.7 Å². The minimum atomic E-state index is -0.237. The summed E-state index contributed by atoms with van der Waals surface area (Å²) in [5.41, 5.74) is 1.92. The van der Waals surface area contributed by atoms with Gasteiger partial charge in [-0.2, -0.15) is 0 Å². The van der Waals surface area contributed by atoms with Crippen LogP contribution in [0, 0.1) is 5.92 Å². The van der Waals surface area contributed by atoms with E-state index in [9.17, 15) is 9.59 Å². The van der Waals surface area contributed by atoms with Gasteiger partial charge in [0, 0.05) is 5.69 Å². The second-order valence-corrected chi connectivity index (χ2v) is 6.39. The molecule has 0 spiro atoms. The highest BCUT2D eigenvalue weighted by molar-refractivity contribution is 5.95. The molecule has 2 aromatic rings. The molecule has 1 amide bonds. The maximum absolute atomic E-state index is 12.4. The van der Waals surface area contributed by atoms with Crippen LogP contribution in [0.1, 0.15) is 26.7 Å². The summed E-state index contributed by atoms with van der Waals surface area (Å²) in [5.74, 6) is 0.800. The summed E-state index contributed by atoms with van der Waals surface area (Å²) in [6.45, 7) is 6.37. The average Bonchev–Trinajstić information content (AvgIpc) is 2.86. The topological polar surface area (TPSA) is 82.2 Å². The molecule has 1 saturated heterocycles. The molecule has 0 aliphatic carbocycles. The van der Waals surface area contributed by atoms with Crippen molar-refractivity contribution in [2.75, 3.05) is 18.4 Å². The lowest BCUT2D eigenvalue weighted by Gasteiger charge is -2.31. The van der Waals surface area contributed by atoms with Crippen molar-refractivity contribution in [3.63, 3.8) is 0 Å². The highest BCUT2D eigenvalue weighted by Crippen LogP contribution is 2.14. The van der Waals surface area contributed by atoms with Crippen LogP contribution in [-0.4, -0.2) is 35.0 Å². The number of hydrogen-bond donors (Lipinski definition) is 4. The van der Waals surface area contributed by atoms with Crippen molar-refractivity contribution in [2.24, 2.45) is 5.92 Å². The van der Waals surface area contributed by atoms with E-state index in [1.54, 1.807) is 12.1 Å². The zero-order valence-corrected chi connectivity index (χ0v) is 13.0. The zero-order valence-electron chi connectivity index (χ0n) is 13.0. The third kappa shape index (κ3) is 3.06. The summed E-state index contributed by atoms with van der Waals surface area (Å²) in [5, 5.41) is 2.96. The first kappa shape index (κ1) is 14.8. The molecule has 0 radical (unpaired) electrons. The van der Waals surface area contributed by atoms with Gasteiger partial charge in [0.05, 0.1) is 24.1 Å². The van der Waals surface area contributed by atoms with E-state index < -0.39 is 0 Å². The van der Waals surface area contributed by atoms with Gasteiger partial charge in [-0.25, -0.2) is 4.79 Å². The van der Waals surface area contributed by atoms with Crippen LogP contribution in [-0.2, 0) is 4.79 Å². The molecule has 1 aliphatic heterocycles. The molecule has 1 fully saturated rings. The molecule has 0 unspecified atom stereocenters. The van der Waals surface area contributed by atoms with E-state index >= 15 is 0 Å². The number of aromatic nitrogens is 2. The van der Waals surface area contributed by atoms with E-state index in [2.05, 4.69) is 22.2 Å². The number of aromatic amines is 2. The van der Waals surface area contributed by atoms with Crippen molar-refractivity contribution in [1.82, 2.24) is 9.97 Å². The maximum Gasteiger partial charge on any atom is 0.323 e. The lowest BCUT2D eigenvalue weighted by Crippen LogP contribution is -3.17. The van der Waals surface area contributed by atoms with Gasteiger partial charge in [-0.1, -0.05) is 6.92 Å². The number of imidazole rings is 1. The molecule has 0 saturated carbocycles. The molecule has 1 aliphatic rings. The highest BCUT2D eigenvalue weighted by atomic mass is 16.2. The number of rotatable bonds is 3. The largest absolute Gasteiger partial charge is 0.325 e. The van der Waals surface area contributed by atoms with Gasteiger partial charge in [0.15, 0.2) is 6.04 Å². The number of benzene rings is 1. The van der Waals surface area contributed by atoms with Gasteiger partial charge in [0.25, 0.3) is 5.91 Å². The first-order chi connectivity index (χ1) is 10.5. The average molecular weight is 303 g/mol. The Hall–Kier alpha value is -2.08. The van der Waals surface area contributed by atoms with Gasteiger partial charge in [-0.15, -0.1) is 0 Å². The molecule has 6 heteroatoms. The number of amides is 1. The van der Waals surface area contributed by atoms with Crippen molar-refractivity contribution in [2.45, 2.75) is 32.7 Å². The molecule has 4 N–H and O–H groups in total. The minimum absolute atomic E-state index is 0.0294. The second-order valence-electron chi connectivity index (χ2n) is 6.39. The van der Waals surface area contributed by atoms with E-state index in [1.807, 2.05) is 13.0 Å². The van der Waals surface area contributed by atoms with Gasteiger partial charge in [0.1, 0.15) is 0 Å². The third-order valence-electron chi connectivity index (χ3n) is 4.71. The van der Waals surface area contributed by atoms with Crippen molar-refractivity contribution in [1.29, 1.82) is 0 Å². The lowest BCUT2D eigenvalue weighted by molar-refractivity contribution is -0.919. The van der Waals surface area contributed by atoms with Gasteiger partial charge >= 0.3 is 5.69 Å². The van der Waals surface area contributed by atoms with Crippen LogP contribution in [0.5, 0.6) is 0 Å². The zero-order chi connectivity index (χ0) is 15.7. The van der Waals surface area contributed by atoms with Crippen LogP contribution in [0.3, 0.4) is 0 Å². The monoisotopic (exact) mass is 303 g/mol. The Morgan fingerprint density at radius 2 is 1.95 bits per heavy atom. The van der Waals surface area contributed by atoms with Crippen LogP contribution in [0.25, 0.3) is 11.0 Å². The number of nitrogens with one attached hydrogen (secondary N) is 4. The fraction of sp³-hybridized carbons (Fsp3) is 0.500. The van der Waals surface area contributed by atoms with Gasteiger partial charge < -0.3 is 20.2 Å². The number of fused-ring (bicyclic) bond motifs is 1. The highest BCUT2D eigenvalue weighted by Gasteiger charge is 2.28. The molecule has 1 aromatic heterocycles. The predicted octanol–water partition coefficient (Wildman–Crippen LogP) is 0.498. The Bertz CT molecular complexity index is 725. The smallest absolute Gasteiger partial charge is 0.323 e. The number of likely N-dealkylation sites (tertiary alicyclic amines) is 1. The molecule has 1 aromatic carbocycles. The van der Waals surface area contributed by atoms with Crippen LogP contribution >= 0.6 is 0 Å². The Labute approximate surface area is 128 Å². The molecular formula is C16H23N4O2+. The summed E-state index contributed by atoms with van der Waals surface area (Å²) in [6, 6.07) is 5.33. The number of carbonyl (C=O) groups excluding carboxylic acids is 1. The number of quaternary nitrogens is 1.